The lowest BCUT2D eigenvalue weighted by Crippen LogP contribution is -2.34. The molecule has 0 aromatic rings. The quantitative estimate of drug-likeness (QED) is 0.507. The van der Waals surface area contributed by atoms with E-state index in [0.29, 0.717) is 6.92 Å². The predicted octanol–water partition coefficient (Wildman–Crippen LogP) is 3.07. The van der Waals surface area contributed by atoms with Gasteiger partial charge in [0.05, 0.1) is 0 Å². The zero-order valence-electron chi connectivity index (χ0n) is 6.04. The van der Waals surface area contributed by atoms with Crippen molar-refractivity contribution in [2.75, 3.05) is 0 Å². The monoisotopic (exact) mass is 184 g/mol. The highest BCUT2D eigenvalue weighted by atomic mass is 19.2. The fourth-order valence-corrected chi connectivity index (χ4v) is 0.799. The standard InChI is InChI=1S/C7H5F5/c1-7(12)4(9)2-3(8)5(10)6(7)11/h2,4H,1H3. The molecule has 2 atom stereocenters. The van der Waals surface area contributed by atoms with Crippen molar-refractivity contribution < 1.29 is 22.0 Å². The summed E-state index contributed by atoms with van der Waals surface area (Å²) in [6.45, 7) is 0.509. The van der Waals surface area contributed by atoms with E-state index in [1.54, 1.807) is 0 Å². The van der Waals surface area contributed by atoms with Crippen LogP contribution in [0.3, 0.4) is 0 Å². The van der Waals surface area contributed by atoms with E-state index in [2.05, 4.69) is 0 Å². The Bertz CT molecular complexity index is 263. The van der Waals surface area contributed by atoms with Gasteiger partial charge in [0.25, 0.3) is 0 Å². The van der Waals surface area contributed by atoms with Gasteiger partial charge >= 0.3 is 0 Å². The van der Waals surface area contributed by atoms with Crippen LogP contribution in [0.25, 0.3) is 0 Å². The van der Waals surface area contributed by atoms with Gasteiger partial charge in [-0.25, -0.2) is 22.0 Å². The lowest BCUT2D eigenvalue weighted by atomic mass is 9.95. The Morgan fingerprint density at radius 3 is 2.33 bits per heavy atom. The van der Waals surface area contributed by atoms with Crippen LogP contribution in [0.2, 0.25) is 0 Å². The molecule has 1 aliphatic rings. The first-order valence-corrected chi connectivity index (χ1v) is 3.13. The van der Waals surface area contributed by atoms with Gasteiger partial charge in [0.1, 0.15) is 0 Å². The van der Waals surface area contributed by atoms with Gasteiger partial charge in [-0.05, 0) is 13.0 Å². The maximum Gasteiger partial charge on any atom is 0.196 e. The third-order valence-corrected chi connectivity index (χ3v) is 1.64. The van der Waals surface area contributed by atoms with Crippen LogP contribution >= 0.6 is 0 Å². The number of rotatable bonds is 0. The van der Waals surface area contributed by atoms with Crippen LogP contribution in [0.1, 0.15) is 6.92 Å². The summed E-state index contributed by atoms with van der Waals surface area (Å²) < 4.78 is 62.3. The molecule has 12 heavy (non-hydrogen) atoms. The molecule has 68 valence electrons. The van der Waals surface area contributed by atoms with E-state index in [-0.39, 0.29) is 6.08 Å². The summed E-state index contributed by atoms with van der Waals surface area (Å²) in [6.07, 6.45) is -2.42. The molecule has 0 N–H and O–H groups in total. The SMILES string of the molecule is CC1(F)C(F)=C(F)C(F)=CC1F. The van der Waals surface area contributed by atoms with E-state index in [0.717, 1.165) is 0 Å². The third-order valence-electron chi connectivity index (χ3n) is 1.64. The average molecular weight is 184 g/mol. The van der Waals surface area contributed by atoms with Crippen molar-refractivity contribution in [3.05, 3.63) is 23.6 Å². The van der Waals surface area contributed by atoms with Crippen LogP contribution in [0.5, 0.6) is 0 Å². The summed E-state index contributed by atoms with van der Waals surface area (Å²) in [5, 5.41) is 0. The van der Waals surface area contributed by atoms with Crippen molar-refractivity contribution >= 4 is 0 Å². The molecular weight excluding hydrogens is 179 g/mol. The van der Waals surface area contributed by atoms with E-state index in [4.69, 9.17) is 0 Å². The second kappa shape index (κ2) is 2.57. The highest BCUT2D eigenvalue weighted by Crippen LogP contribution is 2.39. The van der Waals surface area contributed by atoms with Crippen LogP contribution < -0.4 is 0 Å². The molecule has 0 radical (unpaired) electrons. The molecule has 0 heterocycles. The number of allylic oxidation sites excluding steroid dienone is 4. The maximum absolute atomic E-state index is 12.8. The van der Waals surface area contributed by atoms with Crippen LogP contribution in [-0.2, 0) is 0 Å². The highest BCUT2D eigenvalue weighted by molar-refractivity contribution is 5.35. The molecule has 0 saturated heterocycles. The molecule has 0 bridgehead atoms. The highest BCUT2D eigenvalue weighted by Gasteiger charge is 2.45. The van der Waals surface area contributed by atoms with Crippen molar-refractivity contribution in [1.82, 2.24) is 0 Å². The van der Waals surface area contributed by atoms with E-state index < -0.39 is 29.3 Å². The molecule has 2 unspecified atom stereocenters. The zero-order chi connectivity index (χ0) is 9.52. The molecule has 0 saturated carbocycles. The lowest BCUT2D eigenvalue weighted by molar-refractivity contribution is 0.0966. The minimum atomic E-state index is -3.10. The molecule has 1 aliphatic carbocycles. The van der Waals surface area contributed by atoms with Crippen LogP contribution in [0.4, 0.5) is 22.0 Å². The third kappa shape index (κ3) is 1.13. The Morgan fingerprint density at radius 2 is 1.83 bits per heavy atom. The van der Waals surface area contributed by atoms with Gasteiger partial charge in [0.2, 0.25) is 0 Å². The predicted molar refractivity (Wildman–Crippen MR) is 32.8 cm³/mol. The van der Waals surface area contributed by atoms with Crippen molar-refractivity contribution in [1.29, 1.82) is 0 Å². The molecule has 0 amide bonds. The first-order chi connectivity index (χ1) is 5.37. The van der Waals surface area contributed by atoms with Crippen molar-refractivity contribution in [2.24, 2.45) is 0 Å². The molecule has 0 aromatic heterocycles. The first-order valence-electron chi connectivity index (χ1n) is 3.13. The Hall–Kier alpha value is -0.870. The molecule has 0 nitrogen and oxygen atoms in total. The van der Waals surface area contributed by atoms with Crippen molar-refractivity contribution in [3.8, 4) is 0 Å². The van der Waals surface area contributed by atoms with E-state index in [1.807, 2.05) is 0 Å². The van der Waals surface area contributed by atoms with Gasteiger partial charge < -0.3 is 0 Å². The summed E-state index contributed by atoms with van der Waals surface area (Å²) in [4.78, 5) is 0. The number of hydrogen-bond donors (Lipinski definition) is 0. The van der Waals surface area contributed by atoms with Gasteiger partial charge in [-0.3, -0.25) is 0 Å². The molecule has 0 aromatic carbocycles. The van der Waals surface area contributed by atoms with Crippen LogP contribution in [-0.4, -0.2) is 11.8 Å². The molecule has 0 fully saturated rings. The smallest absolute Gasteiger partial charge is 0.196 e. The van der Waals surface area contributed by atoms with E-state index >= 15 is 0 Å². The Kier molecular flexibility index (Phi) is 1.97. The molecule has 0 aliphatic heterocycles. The second-order valence-corrected chi connectivity index (χ2v) is 2.62. The summed E-state index contributed by atoms with van der Waals surface area (Å²) >= 11 is 0. The van der Waals surface area contributed by atoms with Gasteiger partial charge in [-0.1, -0.05) is 0 Å². The first kappa shape index (κ1) is 9.22. The van der Waals surface area contributed by atoms with Crippen LogP contribution in [0.15, 0.2) is 23.6 Å². The lowest BCUT2D eigenvalue weighted by Gasteiger charge is -2.23. The summed E-state index contributed by atoms with van der Waals surface area (Å²) in [5.74, 6) is -5.70. The Balaban J connectivity index is 3.18. The van der Waals surface area contributed by atoms with Gasteiger partial charge in [0.15, 0.2) is 29.3 Å². The topological polar surface area (TPSA) is 0 Å². The number of hydrogen-bond acceptors (Lipinski definition) is 0. The Labute approximate surface area is 65.4 Å². The van der Waals surface area contributed by atoms with E-state index in [1.165, 1.54) is 0 Å². The molecule has 1 rings (SSSR count). The fourth-order valence-electron chi connectivity index (χ4n) is 0.799. The largest absolute Gasteiger partial charge is 0.239 e. The molecule has 5 heteroatoms. The maximum atomic E-state index is 12.8. The molecule has 0 spiro atoms. The second-order valence-electron chi connectivity index (χ2n) is 2.62. The summed E-state index contributed by atoms with van der Waals surface area (Å²) in [6, 6.07) is 0. The number of halogens is 5. The number of alkyl halides is 2. The normalized spacial score (nSPS) is 36.8. The van der Waals surface area contributed by atoms with Gasteiger partial charge in [-0.2, -0.15) is 0 Å². The summed E-state index contributed by atoms with van der Waals surface area (Å²) in [5.41, 5.74) is -3.10. The summed E-state index contributed by atoms with van der Waals surface area (Å²) in [7, 11) is 0. The van der Waals surface area contributed by atoms with Crippen LogP contribution in [0, 0.1) is 0 Å². The van der Waals surface area contributed by atoms with Gasteiger partial charge in [0, 0.05) is 0 Å². The molecular formula is C7H5F5. The average Bonchev–Trinajstić information content (AvgIpc) is 1.99. The zero-order valence-corrected chi connectivity index (χ0v) is 6.04. The fraction of sp³-hybridized carbons (Fsp3) is 0.429. The minimum absolute atomic E-state index is 0.0679. The Morgan fingerprint density at radius 1 is 1.33 bits per heavy atom. The van der Waals surface area contributed by atoms with Crippen molar-refractivity contribution in [3.63, 3.8) is 0 Å². The van der Waals surface area contributed by atoms with Gasteiger partial charge in [-0.15, -0.1) is 0 Å². The van der Waals surface area contributed by atoms with Crippen molar-refractivity contribution in [2.45, 2.75) is 18.8 Å². The van der Waals surface area contributed by atoms with E-state index in [9.17, 15) is 22.0 Å². The minimum Gasteiger partial charge on any atom is -0.239 e.